The zero-order chi connectivity index (χ0) is 18.3. The zero-order valence-electron chi connectivity index (χ0n) is 15.4. The van der Waals surface area contributed by atoms with Crippen LogP contribution in [-0.4, -0.2) is 74.1 Å². The Morgan fingerprint density at radius 2 is 2.00 bits per heavy atom. The molecule has 2 N–H and O–H groups in total. The number of carbonyl (C=O) groups is 3. The fraction of sp³-hybridized carbons (Fsp3) is 0.647. The van der Waals surface area contributed by atoms with E-state index in [9.17, 15) is 19.5 Å². The summed E-state index contributed by atoms with van der Waals surface area (Å²) < 4.78 is 1.54. The first-order valence-corrected chi connectivity index (χ1v) is 9.15. The Balaban J connectivity index is 0.00000140. The van der Waals surface area contributed by atoms with E-state index in [-0.39, 0.29) is 49.2 Å². The van der Waals surface area contributed by atoms with Crippen LogP contribution in [0.3, 0.4) is 0 Å². The van der Waals surface area contributed by atoms with E-state index in [2.05, 4.69) is 10.3 Å². The summed E-state index contributed by atoms with van der Waals surface area (Å²) in [6, 6.07) is -0.902. The number of carbonyl (C=O) groups excluding carboxylic acids is 2. The molecule has 2 saturated heterocycles. The fourth-order valence-electron chi connectivity index (χ4n) is 4.20. The monoisotopic (exact) mass is 433 g/mol. The van der Waals surface area contributed by atoms with Crippen molar-refractivity contribution >= 4 is 42.7 Å². The minimum Gasteiger partial charge on any atom is -0.480 e. The van der Waals surface area contributed by atoms with Gasteiger partial charge in [-0.05, 0) is 32.4 Å². The first-order chi connectivity index (χ1) is 12.6. The second-order valence-electron chi connectivity index (χ2n) is 7.14. The molecule has 3 aliphatic heterocycles. The lowest BCUT2D eigenvalue weighted by Crippen LogP contribution is -2.45. The van der Waals surface area contributed by atoms with Crippen molar-refractivity contribution in [3.05, 3.63) is 17.7 Å². The molecule has 28 heavy (non-hydrogen) atoms. The summed E-state index contributed by atoms with van der Waals surface area (Å²) in [6.45, 7) is 2.74. The molecule has 0 spiro atoms. The van der Waals surface area contributed by atoms with Gasteiger partial charge in [-0.3, -0.25) is 9.36 Å². The van der Waals surface area contributed by atoms with Gasteiger partial charge in [0.25, 0.3) is 0 Å². The van der Waals surface area contributed by atoms with Crippen molar-refractivity contribution in [1.82, 2.24) is 24.7 Å². The van der Waals surface area contributed by atoms with Crippen molar-refractivity contribution in [3.8, 4) is 0 Å². The maximum absolute atomic E-state index is 12.9. The maximum Gasteiger partial charge on any atom is 0.330 e. The number of imidazole rings is 1. The number of fused-ring (bicyclic) bond motifs is 1. The van der Waals surface area contributed by atoms with Gasteiger partial charge in [0.2, 0.25) is 5.91 Å². The number of nitrogens with one attached hydrogen (secondary N) is 1. The molecule has 2 fully saturated rings. The lowest BCUT2D eigenvalue weighted by molar-refractivity contribution is -0.148. The number of aromatic nitrogens is 2. The number of piperidine rings is 1. The molecule has 4 heterocycles. The number of halogens is 2. The summed E-state index contributed by atoms with van der Waals surface area (Å²) in [5, 5.41) is 12.9. The van der Waals surface area contributed by atoms with E-state index in [1.165, 1.54) is 4.90 Å². The minimum atomic E-state index is -1.06. The van der Waals surface area contributed by atoms with E-state index in [4.69, 9.17) is 0 Å². The molecule has 2 amide bonds. The summed E-state index contributed by atoms with van der Waals surface area (Å²) in [5.74, 6) is -0.778. The number of likely N-dealkylation sites (tertiary alicyclic amines) is 1. The van der Waals surface area contributed by atoms with Gasteiger partial charge in [0.15, 0.2) is 0 Å². The number of carboxylic acids is 1. The summed E-state index contributed by atoms with van der Waals surface area (Å²) >= 11 is 0. The number of nitrogens with zero attached hydrogens (tertiary/aromatic N) is 4. The molecule has 0 radical (unpaired) electrons. The third-order valence-electron chi connectivity index (χ3n) is 5.57. The van der Waals surface area contributed by atoms with Gasteiger partial charge in [-0.1, -0.05) is 0 Å². The average molecular weight is 434 g/mol. The summed E-state index contributed by atoms with van der Waals surface area (Å²) in [6.07, 6.45) is 4.58. The van der Waals surface area contributed by atoms with Crippen molar-refractivity contribution in [2.24, 2.45) is 0 Å². The molecule has 4 rings (SSSR count). The molecular weight excluding hydrogens is 409 g/mol. The zero-order valence-corrected chi connectivity index (χ0v) is 17.0. The highest BCUT2D eigenvalue weighted by Crippen LogP contribution is 2.26. The Morgan fingerprint density at radius 3 is 2.61 bits per heavy atom. The van der Waals surface area contributed by atoms with Crippen LogP contribution in [0, 0.1) is 0 Å². The summed E-state index contributed by atoms with van der Waals surface area (Å²) in [4.78, 5) is 44.1. The highest BCUT2D eigenvalue weighted by atomic mass is 35.5. The highest BCUT2D eigenvalue weighted by Gasteiger charge is 2.38. The summed E-state index contributed by atoms with van der Waals surface area (Å²) in [5.41, 5.74) is 0.792. The van der Waals surface area contributed by atoms with Crippen LogP contribution in [0.25, 0.3) is 0 Å². The normalized spacial score (nSPS) is 20.6. The van der Waals surface area contributed by atoms with E-state index in [1.807, 2.05) is 4.90 Å². The number of carboxylic acid groups (broad SMARTS) is 1. The van der Waals surface area contributed by atoms with Crippen LogP contribution in [0.2, 0.25) is 0 Å². The Kier molecular flexibility index (Phi) is 7.30. The van der Waals surface area contributed by atoms with Crippen molar-refractivity contribution in [3.63, 3.8) is 0 Å². The van der Waals surface area contributed by atoms with Gasteiger partial charge < -0.3 is 20.2 Å². The number of amides is 2. The Labute approximate surface area is 175 Å². The van der Waals surface area contributed by atoms with Gasteiger partial charge in [-0.15, -0.1) is 24.8 Å². The van der Waals surface area contributed by atoms with Gasteiger partial charge in [0.1, 0.15) is 11.9 Å². The van der Waals surface area contributed by atoms with Gasteiger partial charge in [0.05, 0.1) is 18.4 Å². The number of rotatable bonds is 5. The van der Waals surface area contributed by atoms with E-state index in [1.54, 1.807) is 10.8 Å². The van der Waals surface area contributed by atoms with Gasteiger partial charge in [-0.25, -0.2) is 14.6 Å². The second-order valence-corrected chi connectivity index (χ2v) is 7.14. The minimum absolute atomic E-state index is 0. The lowest BCUT2D eigenvalue weighted by atomic mass is 10.1. The highest BCUT2D eigenvalue weighted by molar-refractivity contribution is 5.86. The standard InChI is InChI=1S/C17H23N5O4.2ClH/c23-15-2-1-7-20(15)13(16(24)25)8-14-19-9-12-10-21(17(26)22(12)14)11-3-5-18-6-4-11;;/h9,11,13,18H,1-8,10H2,(H,24,25);2*1H. The topological polar surface area (TPSA) is 108 Å². The van der Waals surface area contributed by atoms with Crippen molar-refractivity contribution < 1.29 is 19.5 Å². The smallest absolute Gasteiger partial charge is 0.330 e. The van der Waals surface area contributed by atoms with Crippen LogP contribution < -0.4 is 5.32 Å². The molecule has 1 atom stereocenters. The fourth-order valence-corrected chi connectivity index (χ4v) is 4.20. The molecule has 9 nitrogen and oxygen atoms in total. The Hall–Kier alpha value is -1.84. The lowest BCUT2D eigenvalue weighted by Gasteiger charge is -2.31. The van der Waals surface area contributed by atoms with Crippen LogP contribution >= 0.6 is 24.8 Å². The first kappa shape index (κ1) is 22.4. The molecule has 0 aromatic carbocycles. The SMILES string of the molecule is Cl.Cl.O=C(O)C(Cc1ncc2n1C(=O)N(C1CCNCC1)C2)N1CCCC1=O. The van der Waals surface area contributed by atoms with E-state index >= 15 is 0 Å². The quantitative estimate of drug-likeness (QED) is 0.713. The predicted octanol–water partition coefficient (Wildman–Crippen LogP) is 0.880. The van der Waals surface area contributed by atoms with Crippen LogP contribution in [0.1, 0.15) is 37.2 Å². The van der Waals surface area contributed by atoms with E-state index in [0.717, 1.165) is 31.6 Å². The molecule has 156 valence electrons. The third-order valence-corrected chi connectivity index (χ3v) is 5.57. The predicted molar refractivity (Wildman–Crippen MR) is 105 cm³/mol. The molecule has 0 aliphatic carbocycles. The molecule has 0 saturated carbocycles. The largest absolute Gasteiger partial charge is 0.480 e. The second kappa shape index (κ2) is 9.11. The number of hydrogen-bond donors (Lipinski definition) is 2. The molecule has 1 aromatic rings. The number of aliphatic carboxylic acids is 1. The molecule has 1 aromatic heterocycles. The van der Waals surface area contributed by atoms with Gasteiger partial charge in [-0.2, -0.15) is 0 Å². The molecular formula is C17H25Cl2N5O4. The van der Waals surface area contributed by atoms with Crippen molar-refractivity contribution in [1.29, 1.82) is 0 Å². The van der Waals surface area contributed by atoms with Crippen molar-refractivity contribution in [2.75, 3.05) is 19.6 Å². The maximum atomic E-state index is 12.9. The van der Waals surface area contributed by atoms with Gasteiger partial charge in [0, 0.05) is 25.4 Å². The van der Waals surface area contributed by atoms with Crippen LogP contribution in [-0.2, 0) is 22.6 Å². The first-order valence-electron chi connectivity index (χ1n) is 9.15. The van der Waals surface area contributed by atoms with Crippen LogP contribution in [0.15, 0.2) is 6.20 Å². The number of hydrogen-bond acceptors (Lipinski definition) is 5. The van der Waals surface area contributed by atoms with E-state index < -0.39 is 12.0 Å². The van der Waals surface area contributed by atoms with E-state index in [0.29, 0.717) is 31.8 Å². The van der Waals surface area contributed by atoms with Crippen molar-refractivity contribution in [2.45, 2.75) is 50.7 Å². The summed E-state index contributed by atoms with van der Waals surface area (Å²) in [7, 11) is 0. The molecule has 1 unspecified atom stereocenters. The Bertz CT molecular complexity index is 750. The third kappa shape index (κ3) is 3.97. The van der Waals surface area contributed by atoms with Gasteiger partial charge >= 0.3 is 12.0 Å². The van der Waals surface area contributed by atoms with Crippen LogP contribution in [0.5, 0.6) is 0 Å². The molecule has 11 heteroatoms. The molecule has 3 aliphatic rings. The molecule has 0 bridgehead atoms. The Morgan fingerprint density at radius 1 is 1.29 bits per heavy atom. The van der Waals surface area contributed by atoms with Crippen LogP contribution in [0.4, 0.5) is 4.79 Å². The average Bonchev–Trinajstić information content (AvgIpc) is 3.31.